The van der Waals surface area contributed by atoms with Gasteiger partial charge in [-0.1, -0.05) is 0 Å². The van der Waals surface area contributed by atoms with Crippen LogP contribution in [0.4, 0.5) is 5.69 Å². The molecule has 3 aromatic rings. The molecule has 26 heavy (non-hydrogen) atoms. The maximum Gasteiger partial charge on any atom is 0.357 e. The fourth-order valence-corrected chi connectivity index (χ4v) is 3.31. The largest absolute Gasteiger partial charge is 0.497 e. The maximum absolute atomic E-state index is 11.3. The molecule has 2 aromatic carbocycles. The quantitative estimate of drug-likeness (QED) is 0.652. The molecule has 0 aliphatic carbocycles. The van der Waals surface area contributed by atoms with Gasteiger partial charge in [-0.15, -0.1) is 0 Å². The Balaban J connectivity index is 1.62. The summed E-state index contributed by atoms with van der Waals surface area (Å²) < 4.78 is 11.3. The number of carboxylic acids is 1. The van der Waals surface area contributed by atoms with Crippen LogP contribution in [0, 0.1) is 0 Å². The van der Waals surface area contributed by atoms with Gasteiger partial charge in [0.2, 0.25) is 0 Å². The Morgan fingerprint density at radius 2 is 2.27 bits per heavy atom. The highest BCUT2D eigenvalue weighted by atomic mass is 16.5. The minimum Gasteiger partial charge on any atom is -0.497 e. The van der Waals surface area contributed by atoms with E-state index in [9.17, 15) is 9.90 Å². The minimum absolute atomic E-state index is 0.0167. The number of anilines is 1. The van der Waals surface area contributed by atoms with E-state index in [0.29, 0.717) is 17.4 Å². The van der Waals surface area contributed by atoms with Gasteiger partial charge in [0.15, 0.2) is 5.69 Å². The van der Waals surface area contributed by atoms with Crippen molar-refractivity contribution in [3.8, 4) is 11.5 Å². The molecule has 134 valence electrons. The van der Waals surface area contributed by atoms with E-state index in [1.54, 1.807) is 13.2 Å². The van der Waals surface area contributed by atoms with Crippen LogP contribution in [0.1, 0.15) is 28.5 Å². The number of carbonyl (C=O) groups is 1. The molecule has 1 aliphatic heterocycles. The van der Waals surface area contributed by atoms with Gasteiger partial charge in [0.1, 0.15) is 17.6 Å². The van der Waals surface area contributed by atoms with E-state index in [2.05, 4.69) is 15.5 Å². The molecule has 7 heteroatoms. The number of ether oxygens (including phenoxy) is 2. The molecule has 0 radical (unpaired) electrons. The van der Waals surface area contributed by atoms with Gasteiger partial charge < -0.3 is 19.9 Å². The first-order valence-corrected chi connectivity index (χ1v) is 8.37. The summed E-state index contributed by atoms with van der Waals surface area (Å²) in [4.78, 5) is 11.3. The normalized spacial score (nSPS) is 15.5. The van der Waals surface area contributed by atoms with Crippen LogP contribution in [0.3, 0.4) is 0 Å². The second-order valence-electron chi connectivity index (χ2n) is 6.40. The summed E-state index contributed by atoms with van der Waals surface area (Å²) >= 11 is 0. The lowest BCUT2D eigenvalue weighted by Crippen LogP contribution is -2.07. The van der Waals surface area contributed by atoms with Gasteiger partial charge >= 0.3 is 5.97 Å². The lowest BCUT2D eigenvalue weighted by Gasteiger charge is -2.13. The van der Waals surface area contributed by atoms with E-state index in [1.165, 1.54) is 0 Å². The number of benzene rings is 2. The first-order chi connectivity index (χ1) is 12.5. The number of aromatic carboxylic acids is 1. The third-order valence-corrected chi connectivity index (χ3v) is 4.53. The number of nitrogens with zero attached hydrogens (tertiary/aromatic N) is 1. The number of aromatic amines is 1. The van der Waals surface area contributed by atoms with Crippen molar-refractivity contribution in [3.05, 3.63) is 47.2 Å². The Bertz CT molecular complexity index is 996. The van der Waals surface area contributed by atoms with Crippen LogP contribution in [0.2, 0.25) is 0 Å². The third-order valence-electron chi connectivity index (χ3n) is 4.53. The minimum atomic E-state index is -1.05. The van der Waals surface area contributed by atoms with Crippen LogP contribution in [0.5, 0.6) is 11.5 Å². The fourth-order valence-electron chi connectivity index (χ4n) is 3.31. The summed E-state index contributed by atoms with van der Waals surface area (Å²) in [6.45, 7) is 2.59. The topological polar surface area (TPSA) is 96.5 Å². The molecular formula is C19H19N3O4. The van der Waals surface area contributed by atoms with Gasteiger partial charge in [-0.2, -0.15) is 5.10 Å². The highest BCUT2D eigenvalue weighted by Gasteiger charge is 2.23. The van der Waals surface area contributed by atoms with Gasteiger partial charge in [-0.3, -0.25) is 5.10 Å². The number of methoxy groups -OCH3 is 1. The highest BCUT2D eigenvalue weighted by molar-refractivity contribution is 6.01. The number of rotatable bonds is 5. The molecule has 7 nitrogen and oxygen atoms in total. The Morgan fingerprint density at radius 3 is 3.04 bits per heavy atom. The summed E-state index contributed by atoms with van der Waals surface area (Å²) in [6, 6.07) is 9.45. The summed E-state index contributed by atoms with van der Waals surface area (Å²) in [5.41, 5.74) is 3.67. The molecular weight excluding hydrogens is 334 g/mol. The summed E-state index contributed by atoms with van der Waals surface area (Å²) in [5.74, 6) is 0.652. The van der Waals surface area contributed by atoms with Gasteiger partial charge in [0.05, 0.1) is 12.6 Å². The van der Waals surface area contributed by atoms with Crippen molar-refractivity contribution in [2.75, 3.05) is 12.4 Å². The molecule has 0 saturated carbocycles. The van der Waals surface area contributed by atoms with Gasteiger partial charge in [0, 0.05) is 35.2 Å². The lowest BCUT2D eigenvalue weighted by molar-refractivity contribution is 0.0692. The van der Waals surface area contributed by atoms with Crippen LogP contribution in [-0.2, 0) is 13.0 Å². The first kappa shape index (κ1) is 16.3. The van der Waals surface area contributed by atoms with E-state index in [4.69, 9.17) is 9.47 Å². The van der Waals surface area contributed by atoms with E-state index in [1.807, 2.05) is 31.2 Å². The molecule has 2 heterocycles. The average Bonchev–Trinajstić information content (AvgIpc) is 3.21. The molecule has 4 rings (SSSR count). The first-order valence-electron chi connectivity index (χ1n) is 8.37. The zero-order valence-corrected chi connectivity index (χ0v) is 14.5. The highest BCUT2D eigenvalue weighted by Crippen LogP contribution is 2.36. The van der Waals surface area contributed by atoms with E-state index in [-0.39, 0.29) is 11.8 Å². The smallest absolute Gasteiger partial charge is 0.357 e. The number of H-pyrrole nitrogens is 1. The summed E-state index contributed by atoms with van der Waals surface area (Å²) in [7, 11) is 1.65. The standard InChI is InChI=1S/C19H19N3O4/c1-10-5-11-6-14(25-2)7-12(18(11)26-10)9-20-13-3-4-16-15(8-13)17(19(23)24)22-21-16/h3-4,6-8,10,20H,5,9H2,1-2H3,(H,21,22)(H,23,24). The molecule has 0 fully saturated rings. The molecule has 1 aromatic heterocycles. The van der Waals surface area contributed by atoms with E-state index < -0.39 is 5.97 Å². The van der Waals surface area contributed by atoms with E-state index >= 15 is 0 Å². The average molecular weight is 353 g/mol. The van der Waals surface area contributed by atoms with Crippen LogP contribution in [0.25, 0.3) is 10.9 Å². The number of fused-ring (bicyclic) bond motifs is 2. The third kappa shape index (κ3) is 2.81. The fraction of sp³-hybridized carbons (Fsp3) is 0.263. The van der Waals surface area contributed by atoms with Gasteiger partial charge in [-0.25, -0.2) is 4.79 Å². The predicted octanol–water partition coefficient (Wildman–Crippen LogP) is 3.21. The monoisotopic (exact) mass is 353 g/mol. The number of carboxylic acid groups (broad SMARTS) is 1. The lowest BCUT2D eigenvalue weighted by atomic mass is 10.1. The predicted molar refractivity (Wildman–Crippen MR) is 97.2 cm³/mol. The maximum atomic E-state index is 11.3. The Labute approximate surface area is 149 Å². The van der Waals surface area contributed by atoms with Crippen molar-refractivity contribution in [2.24, 2.45) is 0 Å². The van der Waals surface area contributed by atoms with Crippen LogP contribution in [0.15, 0.2) is 30.3 Å². The second-order valence-corrected chi connectivity index (χ2v) is 6.40. The molecule has 1 unspecified atom stereocenters. The van der Waals surface area contributed by atoms with Crippen LogP contribution >= 0.6 is 0 Å². The van der Waals surface area contributed by atoms with Crippen molar-refractivity contribution in [3.63, 3.8) is 0 Å². The molecule has 0 amide bonds. The summed E-state index contributed by atoms with van der Waals surface area (Å²) in [6.07, 6.45) is 1.01. The Hall–Kier alpha value is -3.22. The molecule has 0 saturated heterocycles. The SMILES string of the molecule is COc1cc(CNc2ccc3[nH]nc(C(=O)O)c3c2)c2c(c1)CC(C)O2. The molecule has 1 aliphatic rings. The second kappa shape index (κ2) is 6.25. The van der Waals surface area contributed by atoms with Crippen molar-refractivity contribution >= 4 is 22.6 Å². The molecule has 3 N–H and O–H groups in total. The van der Waals surface area contributed by atoms with Gasteiger partial charge in [0.25, 0.3) is 0 Å². The number of hydrogen-bond donors (Lipinski definition) is 3. The number of hydrogen-bond acceptors (Lipinski definition) is 5. The van der Waals surface area contributed by atoms with Crippen LogP contribution < -0.4 is 14.8 Å². The Morgan fingerprint density at radius 1 is 1.42 bits per heavy atom. The summed E-state index contributed by atoms with van der Waals surface area (Å²) in [5, 5.41) is 19.7. The zero-order valence-electron chi connectivity index (χ0n) is 14.5. The van der Waals surface area contributed by atoms with E-state index in [0.717, 1.165) is 34.7 Å². The number of aromatic nitrogens is 2. The zero-order chi connectivity index (χ0) is 18.3. The van der Waals surface area contributed by atoms with Crippen molar-refractivity contribution < 1.29 is 19.4 Å². The Kier molecular flexibility index (Phi) is 3.91. The van der Waals surface area contributed by atoms with Crippen molar-refractivity contribution in [1.29, 1.82) is 0 Å². The molecule has 0 spiro atoms. The molecule has 1 atom stereocenters. The van der Waals surface area contributed by atoms with Gasteiger partial charge in [-0.05, 0) is 37.3 Å². The van der Waals surface area contributed by atoms with Crippen LogP contribution in [-0.4, -0.2) is 34.5 Å². The molecule has 0 bridgehead atoms. The number of nitrogens with one attached hydrogen (secondary N) is 2. The van der Waals surface area contributed by atoms with Crippen molar-refractivity contribution in [2.45, 2.75) is 26.0 Å². The van der Waals surface area contributed by atoms with Crippen molar-refractivity contribution in [1.82, 2.24) is 10.2 Å².